The second-order valence-corrected chi connectivity index (χ2v) is 7.96. The summed E-state index contributed by atoms with van der Waals surface area (Å²) in [4.78, 5) is 4.81. The highest BCUT2D eigenvalue weighted by atomic mass is 16.2. The van der Waals surface area contributed by atoms with Gasteiger partial charge in [0.15, 0.2) is 5.82 Å². The highest BCUT2D eigenvalue weighted by molar-refractivity contribution is 5.63. The maximum Gasteiger partial charge on any atom is 0.204 e. The van der Waals surface area contributed by atoms with Gasteiger partial charge in [0.1, 0.15) is 5.82 Å². The van der Waals surface area contributed by atoms with E-state index in [9.17, 15) is 5.11 Å². The number of nitrogens with zero attached hydrogens (tertiary/aromatic N) is 6. The average Bonchev–Trinajstić information content (AvgIpc) is 3.47. The molecule has 2 aromatic heterocycles. The van der Waals surface area contributed by atoms with Gasteiger partial charge in [-0.3, -0.25) is 0 Å². The van der Waals surface area contributed by atoms with Crippen LogP contribution in [0.15, 0.2) is 48.6 Å². The van der Waals surface area contributed by atoms with Crippen LogP contribution >= 0.6 is 0 Å². The van der Waals surface area contributed by atoms with Gasteiger partial charge in [-0.15, -0.1) is 10.2 Å². The molecule has 0 aliphatic heterocycles. The molecule has 1 aliphatic carbocycles. The number of aryl methyl sites for hydroxylation is 2. The first-order valence-electron chi connectivity index (χ1n) is 11.0. The van der Waals surface area contributed by atoms with E-state index in [1.165, 1.54) is 0 Å². The van der Waals surface area contributed by atoms with Crippen LogP contribution in [0.4, 0.5) is 0 Å². The average molecular weight is 420 g/mol. The minimum absolute atomic E-state index is 0.144. The highest BCUT2D eigenvalue weighted by Gasteiger charge is 2.34. The molecular weight excluding hydrogens is 390 g/mol. The SMILES string of the molecule is CCCCc1nc(CCCO)n(CC2(c3ccccc3-c3nn[nH]n3)C=CC=CC2)n1. The van der Waals surface area contributed by atoms with Gasteiger partial charge in [-0.2, -0.15) is 10.3 Å². The Balaban J connectivity index is 1.75. The van der Waals surface area contributed by atoms with Crippen LogP contribution in [0.2, 0.25) is 0 Å². The number of nitrogens with one attached hydrogen (secondary N) is 1. The van der Waals surface area contributed by atoms with Crippen molar-refractivity contribution in [3.63, 3.8) is 0 Å². The van der Waals surface area contributed by atoms with Gasteiger partial charge >= 0.3 is 0 Å². The van der Waals surface area contributed by atoms with E-state index in [0.717, 1.165) is 48.5 Å². The Labute approximate surface area is 182 Å². The Morgan fingerprint density at radius 1 is 1.16 bits per heavy atom. The first-order chi connectivity index (χ1) is 15.3. The molecule has 2 heterocycles. The van der Waals surface area contributed by atoms with Crippen molar-refractivity contribution in [2.75, 3.05) is 6.61 Å². The molecule has 0 spiro atoms. The van der Waals surface area contributed by atoms with Gasteiger partial charge in [0.25, 0.3) is 0 Å². The van der Waals surface area contributed by atoms with E-state index in [4.69, 9.17) is 10.1 Å². The molecule has 4 rings (SSSR count). The van der Waals surface area contributed by atoms with Crippen LogP contribution in [0.3, 0.4) is 0 Å². The number of aromatic amines is 1. The largest absolute Gasteiger partial charge is 0.396 e. The van der Waals surface area contributed by atoms with Crippen molar-refractivity contribution < 1.29 is 5.11 Å². The van der Waals surface area contributed by atoms with E-state index < -0.39 is 0 Å². The van der Waals surface area contributed by atoms with Crippen molar-refractivity contribution in [1.82, 2.24) is 35.4 Å². The van der Waals surface area contributed by atoms with Crippen molar-refractivity contribution in [2.45, 2.75) is 57.4 Å². The molecule has 8 heteroatoms. The van der Waals surface area contributed by atoms with Crippen molar-refractivity contribution in [2.24, 2.45) is 0 Å². The minimum atomic E-state index is -0.310. The quantitative estimate of drug-likeness (QED) is 0.523. The van der Waals surface area contributed by atoms with Gasteiger partial charge in [0.2, 0.25) is 5.82 Å². The Hall–Kier alpha value is -3.13. The lowest BCUT2D eigenvalue weighted by atomic mass is 9.73. The number of H-pyrrole nitrogens is 1. The zero-order valence-corrected chi connectivity index (χ0v) is 17.9. The molecule has 0 amide bonds. The summed E-state index contributed by atoms with van der Waals surface area (Å²) in [6.45, 7) is 2.97. The zero-order valence-electron chi connectivity index (χ0n) is 17.9. The van der Waals surface area contributed by atoms with Crippen LogP contribution < -0.4 is 0 Å². The lowest BCUT2D eigenvalue weighted by Crippen LogP contribution is -2.32. The standard InChI is InChI=1S/C23H29N7O/c1-2-3-12-20-24-21(13-9-16-31)30(27-20)17-23(14-7-4-8-15-23)19-11-6-5-10-18(19)22-25-28-29-26-22/h4-8,10-11,14,31H,2-3,9,12-13,15-17H2,1H3,(H,25,26,28,29). The monoisotopic (exact) mass is 419 g/mol. The summed E-state index contributed by atoms with van der Waals surface area (Å²) in [5.74, 6) is 2.40. The van der Waals surface area contributed by atoms with E-state index in [1.54, 1.807) is 0 Å². The normalized spacial score (nSPS) is 18.0. The molecule has 162 valence electrons. The van der Waals surface area contributed by atoms with Crippen LogP contribution in [0, 0.1) is 0 Å². The fourth-order valence-corrected chi connectivity index (χ4v) is 4.14. The molecule has 0 saturated heterocycles. The summed E-state index contributed by atoms with van der Waals surface area (Å²) in [5, 5.41) is 29.0. The maximum absolute atomic E-state index is 9.36. The molecule has 2 N–H and O–H groups in total. The summed E-state index contributed by atoms with van der Waals surface area (Å²) in [6.07, 6.45) is 13.9. The maximum atomic E-state index is 9.36. The predicted molar refractivity (Wildman–Crippen MR) is 118 cm³/mol. The minimum Gasteiger partial charge on any atom is -0.396 e. The molecule has 8 nitrogen and oxygen atoms in total. The summed E-state index contributed by atoms with van der Waals surface area (Å²) < 4.78 is 2.04. The number of rotatable bonds is 10. The second-order valence-electron chi connectivity index (χ2n) is 7.96. The topological polar surface area (TPSA) is 105 Å². The molecular formula is C23H29N7O. The Bertz CT molecular complexity index is 1040. The van der Waals surface area contributed by atoms with E-state index in [1.807, 2.05) is 22.9 Å². The number of aromatic nitrogens is 7. The molecule has 1 unspecified atom stereocenters. The molecule has 1 aromatic carbocycles. The molecule has 0 saturated carbocycles. The van der Waals surface area contributed by atoms with Crippen molar-refractivity contribution in [3.8, 4) is 11.4 Å². The number of unbranched alkanes of at least 4 members (excludes halogenated alkanes) is 1. The van der Waals surface area contributed by atoms with Crippen molar-refractivity contribution >= 4 is 0 Å². The number of tetrazole rings is 1. The van der Waals surface area contributed by atoms with Crippen LogP contribution in [0.5, 0.6) is 0 Å². The van der Waals surface area contributed by atoms with Gasteiger partial charge in [0, 0.05) is 30.4 Å². The summed E-state index contributed by atoms with van der Waals surface area (Å²) in [5.41, 5.74) is 1.78. The molecule has 0 radical (unpaired) electrons. The van der Waals surface area contributed by atoms with E-state index in [2.05, 4.69) is 57.9 Å². The Kier molecular flexibility index (Phi) is 6.66. The predicted octanol–water partition coefficient (Wildman–Crippen LogP) is 3.18. The molecule has 1 atom stereocenters. The summed E-state index contributed by atoms with van der Waals surface area (Å²) >= 11 is 0. The van der Waals surface area contributed by atoms with Crippen molar-refractivity contribution in [3.05, 3.63) is 65.8 Å². The molecule has 3 aromatic rings. The van der Waals surface area contributed by atoms with Gasteiger partial charge in [-0.25, -0.2) is 9.67 Å². The highest BCUT2D eigenvalue weighted by Crippen LogP contribution is 2.39. The van der Waals surface area contributed by atoms with Gasteiger partial charge in [-0.05, 0) is 30.0 Å². The molecule has 0 bridgehead atoms. The Morgan fingerprint density at radius 2 is 2.06 bits per heavy atom. The van der Waals surface area contributed by atoms with Gasteiger partial charge in [0.05, 0.1) is 6.54 Å². The van der Waals surface area contributed by atoms with Gasteiger partial charge in [-0.1, -0.05) is 61.9 Å². The molecule has 0 fully saturated rings. The number of aliphatic hydroxyl groups excluding tert-OH is 1. The number of hydrogen-bond donors (Lipinski definition) is 2. The summed E-state index contributed by atoms with van der Waals surface area (Å²) in [7, 11) is 0. The fraction of sp³-hybridized carbons (Fsp3) is 0.435. The fourth-order valence-electron chi connectivity index (χ4n) is 4.14. The van der Waals surface area contributed by atoms with Crippen LogP contribution in [-0.2, 0) is 24.8 Å². The third kappa shape index (κ3) is 4.64. The van der Waals surface area contributed by atoms with E-state index in [-0.39, 0.29) is 12.0 Å². The first-order valence-corrected chi connectivity index (χ1v) is 11.0. The lowest BCUT2D eigenvalue weighted by molar-refractivity contribution is 0.285. The van der Waals surface area contributed by atoms with Crippen molar-refractivity contribution in [1.29, 1.82) is 0 Å². The Morgan fingerprint density at radius 3 is 2.81 bits per heavy atom. The van der Waals surface area contributed by atoms with E-state index in [0.29, 0.717) is 25.2 Å². The number of hydrogen-bond acceptors (Lipinski definition) is 6. The number of allylic oxidation sites excluding steroid dienone is 4. The molecule has 1 aliphatic rings. The summed E-state index contributed by atoms with van der Waals surface area (Å²) in [6, 6.07) is 8.22. The first kappa shape index (κ1) is 21.1. The zero-order chi connectivity index (χ0) is 21.5. The van der Waals surface area contributed by atoms with Gasteiger partial charge < -0.3 is 5.11 Å². The molecule has 31 heavy (non-hydrogen) atoms. The number of aliphatic hydroxyl groups is 1. The lowest BCUT2D eigenvalue weighted by Gasteiger charge is -2.33. The second kappa shape index (κ2) is 9.78. The third-order valence-corrected chi connectivity index (χ3v) is 5.73. The van der Waals surface area contributed by atoms with Crippen LogP contribution in [0.1, 0.15) is 49.8 Å². The van der Waals surface area contributed by atoms with Crippen LogP contribution in [0.25, 0.3) is 11.4 Å². The third-order valence-electron chi connectivity index (χ3n) is 5.73. The number of benzene rings is 1. The van der Waals surface area contributed by atoms with Crippen LogP contribution in [-0.4, -0.2) is 47.1 Å². The smallest absolute Gasteiger partial charge is 0.204 e. The van der Waals surface area contributed by atoms with E-state index >= 15 is 0 Å².